The van der Waals surface area contributed by atoms with Crippen molar-refractivity contribution >= 4 is 5.69 Å². The molecular formula is C22H28N2O2. The van der Waals surface area contributed by atoms with Crippen LogP contribution in [0.4, 0.5) is 5.69 Å². The lowest BCUT2D eigenvalue weighted by molar-refractivity contribution is 0.0356. The van der Waals surface area contributed by atoms with E-state index in [1.54, 1.807) is 7.11 Å². The van der Waals surface area contributed by atoms with Gasteiger partial charge in [0.15, 0.2) is 0 Å². The molecule has 0 unspecified atom stereocenters. The zero-order valence-corrected chi connectivity index (χ0v) is 15.8. The second kappa shape index (κ2) is 7.68. The molecule has 138 valence electrons. The molecule has 1 saturated heterocycles. The van der Waals surface area contributed by atoms with Crippen LogP contribution in [0.15, 0.2) is 42.5 Å². The van der Waals surface area contributed by atoms with Crippen LogP contribution in [0.1, 0.15) is 22.6 Å². The summed E-state index contributed by atoms with van der Waals surface area (Å²) in [7, 11) is 1.77. The normalized spacial score (nSPS) is 20.2. The Kier molecular flexibility index (Phi) is 5.14. The van der Waals surface area contributed by atoms with Gasteiger partial charge in [0.05, 0.1) is 20.3 Å². The number of para-hydroxylation sites is 2. The molecular weight excluding hydrogens is 324 g/mol. The van der Waals surface area contributed by atoms with Crippen molar-refractivity contribution in [3.63, 3.8) is 0 Å². The van der Waals surface area contributed by atoms with Crippen LogP contribution >= 0.6 is 0 Å². The molecule has 0 N–H and O–H groups in total. The highest BCUT2D eigenvalue weighted by atomic mass is 16.5. The number of fused-ring (bicyclic) bond motifs is 1. The van der Waals surface area contributed by atoms with Crippen molar-refractivity contribution < 1.29 is 9.47 Å². The van der Waals surface area contributed by atoms with E-state index in [0.717, 1.165) is 51.7 Å². The van der Waals surface area contributed by atoms with E-state index in [1.165, 1.54) is 22.4 Å². The summed E-state index contributed by atoms with van der Waals surface area (Å²) in [5, 5.41) is 0. The van der Waals surface area contributed by atoms with Gasteiger partial charge in [-0.1, -0.05) is 36.4 Å². The van der Waals surface area contributed by atoms with E-state index in [4.69, 9.17) is 9.47 Å². The number of benzene rings is 2. The first-order chi connectivity index (χ1) is 12.8. The monoisotopic (exact) mass is 352 g/mol. The Hall–Kier alpha value is -2.04. The van der Waals surface area contributed by atoms with Crippen LogP contribution in [0, 0.1) is 6.92 Å². The summed E-state index contributed by atoms with van der Waals surface area (Å²) in [5.74, 6) is 1.57. The van der Waals surface area contributed by atoms with Crippen molar-refractivity contribution in [1.82, 2.24) is 4.90 Å². The minimum atomic E-state index is 0.556. The maximum atomic E-state index is 5.67. The Morgan fingerprint density at radius 1 is 1.08 bits per heavy atom. The minimum absolute atomic E-state index is 0.556. The summed E-state index contributed by atoms with van der Waals surface area (Å²) < 4.78 is 11.2. The third kappa shape index (κ3) is 3.44. The summed E-state index contributed by atoms with van der Waals surface area (Å²) in [6.45, 7) is 8.99. The first-order valence-electron chi connectivity index (χ1n) is 9.52. The fourth-order valence-electron chi connectivity index (χ4n) is 4.32. The SMILES string of the molecule is COc1c(C)cccc1CN1C[C@@H](CN2CCOCC2)c2ccccc21. The molecule has 0 bridgehead atoms. The molecule has 2 aliphatic rings. The molecule has 26 heavy (non-hydrogen) atoms. The molecule has 0 spiro atoms. The van der Waals surface area contributed by atoms with Crippen LogP contribution in [-0.2, 0) is 11.3 Å². The van der Waals surface area contributed by atoms with Gasteiger partial charge in [-0.05, 0) is 24.1 Å². The zero-order valence-electron chi connectivity index (χ0n) is 15.8. The molecule has 1 fully saturated rings. The third-order valence-corrected chi connectivity index (χ3v) is 5.60. The van der Waals surface area contributed by atoms with Gasteiger partial charge in [-0.25, -0.2) is 0 Å². The highest BCUT2D eigenvalue weighted by Gasteiger charge is 2.30. The Balaban J connectivity index is 1.55. The van der Waals surface area contributed by atoms with Gasteiger partial charge in [-0.15, -0.1) is 0 Å². The van der Waals surface area contributed by atoms with E-state index in [0.29, 0.717) is 5.92 Å². The molecule has 4 heteroatoms. The summed E-state index contributed by atoms with van der Waals surface area (Å²) in [6, 6.07) is 15.3. The number of nitrogens with zero attached hydrogens (tertiary/aromatic N) is 2. The van der Waals surface area contributed by atoms with Crippen molar-refractivity contribution in [2.45, 2.75) is 19.4 Å². The van der Waals surface area contributed by atoms with E-state index < -0.39 is 0 Å². The summed E-state index contributed by atoms with van der Waals surface area (Å²) in [4.78, 5) is 5.05. The van der Waals surface area contributed by atoms with Crippen molar-refractivity contribution in [2.75, 3.05) is 51.4 Å². The molecule has 4 rings (SSSR count). The molecule has 2 aromatic rings. The van der Waals surface area contributed by atoms with Gasteiger partial charge in [0.2, 0.25) is 0 Å². The molecule has 1 atom stereocenters. The Morgan fingerprint density at radius 3 is 2.69 bits per heavy atom. The van der Waals surface area contributed by atoms with Crippen molar-refractivity contribution in [3.05, 3.63) is 59.2 Å². The average Bonchev–Trinajstić information content (AvgIpc) is 3.00. The first kappa shape index (κ1) is 17.4. The lowest BCUT2D eigenvalue weighted by Gasteiger charge is -2.29. The number of anilines is 1. The standard InChI is InChI=1S/C22H28N2O2/c1-17-6-5-7-18(22(17)25-2)15-24-16-19(14-23-10-12-26-13-11-23)20-8-3-4-9-21(20)24/h3-9,19H,10-16H2,1-2H3/t19-/m1/s1. The lowest BCUT2D eigenvalue weighted by Crippen LogP contribution is -2.39. The quantitative estimate of drug-likeness (QED) is 0.823. The van der Waals surface area contributed by atoms with Crippen LogP contribution in [0.2, 0.25) is 0 Å². The molecule has 0 aliphatic carbocycles. The van der Waals surface area contributed by atoms with Gasteiger partial charge in [0.1, 0.15) is 5.75 Å². The number of methoxy groups -OCH3 is 1. The van der Waals surface area contributed by atoms with Crippen molar-refractivity contribution in [3.8, 4) is 5.75 Å². The highest BCUT2D eigenvalue weighted by Crippen LogP contribution is 2.38. The lowest BCUT2D eigenvalue weighted by atomic mass is 10.0. The number of rotatable bonds is 5. The maximum absolute atomic E-state index is 5.67. The van der Waals surface area contributed by atoms with Crippen LogP contribution in [0.25, 0.3) is 0 Å². The van der Waals surface area contributed by atoms with Crippen molar-refractivity contribution in [2.24, 2.45) is 0 Å². The van der Waals surface area contributed by atoms with E-state index in [9.17, 15) is 0 Å². The largest absolute Gasteiger partial charge is 0.496 e. The Labute approximate surface area is 156 Å². The van der Waals surface area contributed by atoms with Crippen LogP contribution < -0.4 is 9.64 Å². The second-order valence-corrected chi connectivity index (χ2v) is 7.32. The molecule has 0 saturated carbocycles. The minimum Gasteiger partial charge on any atom is -0.496 e. The van der Waals surface area contributed by atoms with Gasteiger partial charge >= 0.3 is 0 Å². The van der Waals surface area contributed by atoms with Crippen LogP contribution in [0.3, 0.4) is 0 Å². The molecule has 2 heterocycles. The molecule has 0 radical (unpaired) electrons. The summed E-state index contributed by atoms with van der Waals surface area (Å²) in [6.07, 6.45) is 0. The number of hydrogen-bond donors (Lipinski definition) is 0. The predicted molar refractivity (Wildman–Crippen MR) is 105 cm³/mol. The Bertz CT molecular complexity index is 756. The molecule has 2 aliphatic heterocycles. The van der Waals surface area contributed by atoms with E-state index >= 15 is 0 Å². The van der Waals surface area contributed by atoms with Gasteiger partial charge in [-0.2, -0.15) is 0 Å². The zero-order chi connectivity index (χ0) is 17.9. The van der Waals surface area contributed by atoms with Gasteiger partial charge in [0.25, 0.3) is 0 Å². The van der Waals surface area contributed by atoms with Crippen LogP contribution in [0.5, 0.6) is 5.75 Å². The average molecular weight is 352 g/mol. The third-order valence-electron chi connectivity index (χ3n) is 5.60. The smallest absolute Gasteiger partial charge is 0.126 e. The van der Waals surface area contributed by atoms with Crippen LogP contribution in [-0.4, -0.2) is 51.4 Å². The second-order valence-electron chi connectivity index (χ2n) is 7.32. The van der Waals surface area contributed by atoms with Gasteiger partial charge < -0.3 is 14.4 Å². The fraction of sp³-hybridized carbons (Fsp3) is 0.455. The highest BCUT2D eigenvalue weighted by molar-refractivity contribution is 5.61. The molecule has 2 aromatic carbocycles. The summed E-state index contributed by atoms with van der Waals surface area (Å²) in [5.41, 5.74) is 5.30. The summed E-state index contributed by atoms with van der Waals surface area (Å²) >= 11 is 0. The number of ether oxygens (including phenoxy) is 2. The van der Waals surface area contributed by atoms with E-state index in [-0.39, 0.29) is 0 Å². The predicted octanol–water partition coefficient (Wildman–Crippen LogP) is 3.44. The number of aryl methyl sites for hydroxylation is 1. The molecule has 4 nitrogen and oxygen atoms in total. The van der Waals surface area contributed by atoms with Gasteiger partial charge in [0, 0.05) is 49.9 Å². The fourth-order valence-corrected chi connectivity index (χ4v) is 4.32. The number of morpholine rings is 1. The van der Waals surface area contributed by atoms with Gasteiger partial charge in [-0.3, -0.25) is 4.90 Å². The molecule has 0 amide bonds. The molecule has 0 aromatic heterocycles. The van der Waals surface area contributed by atoms with E-state index in [2.05, 4.69) is 59.2 Å². The van der Waals surface area contributed by atoms with Crippen molar-refractivity contribution in [1.29, 1.82) is 0 Å². The topological polar surface area (TPSA) is 24.9 Å². The number of hydrogen-bond acceptors (Lipinski definition) is 4. The van der Waals surface area contributed by atoms with E-state index in [1.807, 2.05) is 0 Å². The maximum Gasteiger partial charge on any atom is 0.126 e. The first-order valence-corrected chi connectivity index (χ1v) is 9.52. The Morgan fingerprint density at radius 2 is 1.88 bits per heavy atom.